The zero-order valence-electron chi connectivity index (χ0n) is 10.9. The first kappa shape index (κ1) is 13.1. The van der Waals surface area contributed by atoms with Crippen molar-refractivity contribution in [3.05, 3.63) is 35.9 Å². The lowest BCUT2D eigenvalue weighted by molar-refractivity contribution is -0.131. The summed E-state index contributed by atoms with van der Waals surface area (Å²) in [6.45, 7) is 5.74. The van der Waals surface area contributed by atoms with E-state index >= 15 is 0 Å². The number of rotatable bonds is 3. The van der Waals surface area contributed by atoms with Crippen LogP contribution in [-0.4, -0.2) is 48.4 Å². The number of piperazine rings is 1. The molecule has 1 aromatic rings. The Morgan fingerprint density at radius 2 is 1.83 bits per heavy atom. The highest BCUT2D eigenvalue weighted by molar-refractivity contribution is 5.78. The zero-order valence-corrected chi connectivity index (χ0v) is 10.9. The van der Waals surface area contributed by atoms with Crippen LogP contribution in [0.2, 0.25) is 0 Å². The third kappa shape index (κ3) is 2.89. The Kier molecular flexibility index (Phi) is 4.33. The van der Waals surface area contributed by atoms with Crippen molar-refractivity contribution in [2.24, 2.45) is 5.73 Å². The molecular formula is C14H21N3O. The van der Waals surface area contributed by atoms with Crippen LogP contribution in [0.25, 0.3) is 0 Å². The number of hydrogen-bond acceptors (Lipinski definition) is 3. The fraction of sp³-hybridized carbons (Fsp3) is 0.500. The van der Waals surface area contributed by atoms with Gasteiger partial charge < -0.3 is 10.6 Å². The molecule has 0 bridgehead atoms. The molecule has 0 aliphatic carbocycles. The molecule has 1 aromatic carbocycles. The smallest absolute Gasteiger partial charge is 0.236 e. The van der Waals surface area contributed by atoms with Crippen LogP contribution in [0.5, 0.6) is 0 Å². The van der Waals surface area contributed by atoms with Gasteiger partial charge in [0.1, 0.15) is 0 Å². The van der Waals surface area contributed by atoms with Gasteiger partial charge >= 0.3 is 0 Å². The summed E-state index contributed by atoms with van der Waals surface area (Å²) in [5.41, 5.74) is 6.71. The second kappa shape index (κ2) is 5.98. The van der Waals surface area contributed by atoms with E-state index < -0.39 is 0 Å². The lowest BCUT2D eigenvalue weighted by Gasteiger charge is -2.38. The van der Waals surface area contributed by atoms with Gasteiger partial charge in [-0.2, -0.15) is 0 Å². The maximum atomic E-state index is 11.5. The fourth-order valence-electron chi connectivity index (χ4n) is 2.43. The molecule has 1 aliphatic heterocycles. The van der Waals surface area contributed by atoms with E-state index in [0.29, 0.717) is 6.04 Å². The van der Waals surface area contributed by atoms with Gasteiger partial charge in [-0.1, -0.05) is 30.3 Å². The van der Waals surface area contributed by atoms with E-state index in [1.54, 1.807) is 0 Å². The lowest BCUT2D eigenvalue weighted by Crippen LogP contribution is -2.50. The minimum Gasteiger partial charge on any atom is -0.339 e. The van der Waals surface area contributed by atoms with Crippen molar-refractivity contribution in [1.82, 2.24) is 9.80 Å². The van der Waals surface area contributed by atoms with Crippen molar-refractivity contribution < 1.29 is 4.79 Å². The van der Waals surface area contributed by atoms with Crippen LogP contribution in [0.4, 0.5) is 0 Å². The van der Waals surface area contributed by atoms with Crippen LogP contribution in [0, 0.1) is 0 Å². The van der Waals surface area contributed by atoms with Crippen LogP contribution in [0.1, 0.15) is 18.5 Å². The highest BCUT2D eigenvalue weighted by Gasteiger charge is 2.23. The van der Waals surface area contributed by atoms with Gasteiger partial charge in [0.05, 0.1) is 6.54 Å². The molecule has 0 aromatic heterocycles. The first-order valence-corrected chi connectivity index (χ1v) is 6.49. The van der Waals surface area contributed by atoms with Gasteiger partial charge in [-0.05, 0) is 12.5 Å². The summed E-state index contributed by atoms with van der Waals surface area (Å²) in [5.74, 6) is 0.0574. The van der Waals surface area contributed by atoms with Crippen molar-refractivity contribution >= 4 is 5.91 Å². The molecule has 98 valence electrons. The average molecular weight is 247 g/mol. The Morgan fingerprint density at radius 3 is 2.39 bits per heavy atom. The van der Waals surface area contributed by atoms with Crippen molar-refractivity contribution in [3.8, 4) is 0 Å². The molecule has 18 heavy (non-hydrogen) atoms. The average Bonchev–Trinajstić information content (AvgIpc) is 2.47. The highest BCUT2D eigenvalue weighted by Crippen LogP contribution is 2.21. The number of amides is 1. The van der Waals surface area contributed by atoms with E-state index in [0.717, 1.165) is 26.2 Å². The molecule has 0 saturated carbocycles. The molecular weight excluding hydrogens is 226 g/mol. The van der Waals surface area contributed by atoms with Gasteiger partial charge in [0.2, 0.25) is 5.91 Å². The van der Waals surface area contributed by atoms with Gasteiger partial charge in [-0.25, -0.2) is 0 Å². The lowest BCUT2D eigenvalue weighted by atomic mass is 10.1. The first-order valence-electron chi connectivity index (χ1n) is 6.49. The summed E-state index contributed by atoms with van der Waals surface area (Å²) >= 11 is 0. The summed E-state index contributed by atoms with van der Waals surface area (Å²) in [7, 11) is 0. The molecule has 1 amide bonds. The van der Waals surface area contributed by atoms with E-state index in [4.69, 9.17) is 5.73 Å². The van der Waals surface area contributed by atoms with Gasteiger partial charge in [-0.15, -0.1) is 0 Å². The topological polar surface area (TPSA) is 49.6 Å². The summed E-state index contributed by atoms with van der Waals surface area (Å²) < 4.78 is 0. The quantitative estimate of drug-likeness (QED) is 0.861. The number of nitrogens with zero attached hydrogens (tertiary/aromatic N) is 2. The predicted molar refractivity (Wildman–Crippen MR) is 72.1 cm³/mol. The summed E-state index contributed by atoms with van der Waals surface area (Å²) in [5, 5.41) is 0. The molecule has 1 fully saturated rings. The SMILES string of the molecule is CC(c1ccccc1)N1CCN(C(=O)CN)CC1. The Bertz CT molecular complexity index is 385. The van der Waals surface area contributed by atoms with Crippen LogP contribution in [0.15, 0.2) is 30.3 Å². The molecule has 1 aliphatic rings. The third-order valence-electron chi connectivity index (χ3n) is 3.67. The summed E-state index contributed by atoms with van der Waals surface area (Å²) in [6.07, 6.45) is 0. The second-order valence-corrected chi connectivity index (χ2v) is 4.71. The Labute approximate surface area is 108 Å². The second-order valence-electron chi connectivity index (χ2n) is 4.71. The zero-order chi connectivity index (χ0) is 13.0. The van der Waals surface area contributed by atoms with E-state index in [2.05, 4.69) is 36.1 Å². The Hall–Kier alpha value is -1.39. The molecule has 2 rings (SSSR count). The normalized spacial score (nSPS) is 18.7. The maximum Gasteiger partial charge on any atom is 0.236 e. The van der Waals surface area contributed by atoms with E-state index in [1.807, 2.05) is 11.0 Å². The van der Waals surface area contributed by atoms with E-state index in [-0.39, 0.29) is 12.5 Å². The molecule has 0 spiro atoms. The third-order valence-corrected chi connectivity index (χ3v) is 3.67. The fourth-order valence-corrected chi connectivity index (χ4v) is 2.43. The maximum absolute atomic E-state index is 11.5. The highest BCUT2D eigenvalue weighted by atomic mass is 16.2. The Balaban J connectivity index is 1.92. The van der Waals surface area contributed by atoms with Crippen molar-refractivity contribution in [2.45, 2.75) is 13.0 Å². The predicted octanol–water partition coefficient (Wildman–Crippen LogP) is 0.851. The first-order chi connectivity index (χ1) is 8.72. The largest absolute Gasteiger partial charge is 0.339 e. The molecule has 1 heterocycles. The van der Waals surface area contributed by atoms with E-state index in [9.17, 15) is 4.79 Å². The number of nitrogens with two attached hydrogens (primary N) is 1. The number of carbonyl (C=O) groups is 1. The van der Waals surface area contributed by atoms with Gasteiger partial charge in [0.25, 0.3) is 0 Å². The van der Waals surface area contributed by atoms with Gasteiger partial charge in [-0.3, -0.25) is 9.69 Å². The summed E-state index contributed by atoms with van der Waals surface area (Å²) in [4.78, 5) is 15.8. The minimum atomic E-state index is 0.0574. The molecule has 0 radical (unpaired) electrons. The molecule has 1 atom stereocenters. The number of hydrogen-bond donors (Lipinski definition) is 1. The molecule has 2 N–H and O–H groups in total. The standard InChI is InChI=1S/C14H21N3O/c1-12(13-5-3-2-4-6-13)16-7-9-17(10-8-16)14(18)11-15/h2-6,12H,7-11,15H2,1H3. The van der Waals surface area contributed by atoms with Crippen molar-refractivity contribution in [1.29, 1.82) is 0 Å². The number of benzene rings is 1. The van der Waals surface area contributed by atoms with Crippen LogP contribution in [0.3, 0.4) is 0 Å². The van der Waals surface area contributed by atoms with E-state index in [1.165, 1.54) is 5.56 Å². The molecule has 4 heteroatoms. The minimum absolute atomic E-state index is 0.0574. The monoisotopic (exact) mass is 247 g/mol. The molecule has 4 nitrogen and oxygen atoms in total. The van der Waals surface area contributed by atoms with Crippen molar-refractivity contribution in [3.63, 3.8) is 0 Å². The Morgan fingerprint density at radius 1 is 1.22 bits per heavy atom. The van der Waals surface area contributed by atoms with Gasteiger partial charge in [0, 0.05) is 32.2 Å². The molecule has 1 unspecified atom stereocenters. The van der Waals surface area contributed by atoms with Crippen LogP contribution < -0.4 is 5.73 Å². The van der Waals surface area contributed by atoms with Crippen LogP contribution in [-0.2, 0) is 4.79 Å². The summed E-state index contributed by atoms with van der Waals surface area (Å²) in [6, 6.07) is 10.9. The number of carbonyl (C=O) groups excluding carboxylic acids is 1. The van der Waals surface area contributed by atoms with Gasteiger partial charge in [0.15, 0.2) is 0 Å². The molecule has 1 saturated heterocycles. The van der Waals surface area contributed by atoms with Crippen LogP contribution >= 0.6 is 0 Å². The van der Waals surface area contributed by atoms with Crippen molar-refractivity contribution in [2.75, 3.05) is 32.7 Å².